The zero-order chi connectivity index (χ0) is 14.5. The summed E-state index contributed by atoms with van der Waals surface area (Å²) in [5, 5.41) is 3.47. The van der Waals surface area contributed by atoms with Gasteiger partial charge < -0.3 is 14.6 Å². The van der Waals surface area contributed by atoms with Gasteiger partial charge in [-0.15, -0.1) is 0 Å². The second-order valence-corrected chi connectivity index (χ2v) is 5.37. The highest BCUT2D eigenvalue weighted by Crippen LogP contribution is 2.25. The highest BCUT2D eigenvalue weighted by Gasteiger charge is 2.35. The Morgan fingerprint density at radius 2 is 1.71 bits per heavy atom. The Kier molecular flexibility index (Phi) is 4.71. The molecule has 1 fully saturated rings. The van der Waals surface area contributed by atoms with E-state index in [1.165, 1.54) is 11.1 Å². The third-order valence-corrected chi connectivity index (χ3v) is 3.72. The van der Waals surface area contributed by atoms with Crippen molar-refractivity contribution in [1.82, 2.24) is 5.23 Å². The molecule has 1 saturated heterocycles. The summed E-state index contributed by atoms with van der Waals surface area (Å²) in [7, 11) is 0.0560. The van der Waals surface area contributed by atoms with Crippen molar-refractivity contribution in [1.29, 1.82) is 0 Å². The molecule has 2 aromatic rings. The van der Waals surface area contributed by atoms with Crippen LogP contribution in [0.15, 0.2) is 60.7 Å². The summed E-state index contributed by atoms with van der Waals surface area (Å²) in [6.45, 7) is 3.25. The molecule has 1 aliphatic heterocycles. The SMILES string of the molecule is CB1N[C@H](c2ccccc2)[C@H](COCc2ccccc2)O1. The number of benzene rings is 2. The van der Waals surface area contributed by atoms with Gasteiger partial charge in [-0.2, -0.15) is 0 Å². The summed E-state index contributed by atoms with van der Waals surface area (Å²) in [5.41, 5.74) is 2.43. The first kappa shape index (κ1) is 14.3. The van der Waals surface area contributed by atoms with Gasteiger partial charge in [0.05, 0.1) is 25.4 Å². The van der Waals surface area contributed by atoms with Gasteiger partial charge in [0, 0.05) is 0 Å². The molecule has 3 rings (SSSR count). The second-order valence-electron chi connectivity index (χ2n) is 5.37. The van der Waals surface area contributed by atoms with Crippen LogP contribution in [0.1, 0.15) is 17.2 Å². The first-order valence-electron chi connectivity index (χ1n) is 7.41. The maximum absolute atomic E-state index is 5.93. The second kappa shape index (κ2) is 6.90. The summed E-state index contributed by atoms with van der Waals surface area (Å²) in [6.07, 6.45) is 0.0473. The minimum Gasteiger partial charge on any atom is -0.414 e. The topological polar surface area (TPSA) is 30.5 Å². The molecule has 1 heterocycles. The Morgan fingerprint density at radius 3 is 2.43 bits per heavy atom. The van der Waals surface area contributed by atoms with Gasteiger partial charge in [-0.1, -0.05) is 60.7 Å². The normalized spacial score (nSPS) is 21.7. The molecule has 0 saturated carbocycles. The smallest absolute Gasteiger partial charge is 0.377 e. The van der Waals surface area contributed by atoms with E-state index < -0.39 is 0 Å². The molecule has 1 N–H and O–H groups in total. The lowest BCUT2D eigenvalue weighted by Crippen LogP contribution is -2.28. The summed E-state index contributed by atoms with van der Waals surface area (Å²) >= 11 is 0. The van der Waals surface area contributed by atoms with Gasteiger partial charge in [-0.3, -0.25) is 0 Å². The van der Waals surface area contributed by atoms with E-state index >= 15 is 0 Å². The molecule has 0 aromatic heterocycles. The van der Waals surface area contributed by atoms with E-state index in [1.54, 1.807) is 0 Å². The molecule has 4 heteroatoms. The number of rotatable bonds is 5. The lowest BCUT2D eigenvalue weighted by atomic mass is 9.88. The van der Waals surface area contributed by atoms with Gasteiger partial charge in [0.2, 0.25) is 0 Å². The van der Waals surface area contributed by atoms with E-state index in [4.69, 9.17) is 9.39 Å². The fourth-order valence-electron chi connectivity index (χ4n) is 2.71. The predicted molar refractivity (Wildman–Crippen MR) is 84.9 cm³/mol. The minimum atomic E-state index is 0.0473. The quantitative estimate of drug-likeness (QED) is 0.854. The molecule has 0 aliphatic carbocycles. The van der Waals surface area contributed by atoms with E-state index in [2.05, 4.69) is 41.6 Å². The first-order chi connectivity index (χ1) is 10.3. The van der Waals surface area contributed by atoms with Crippen LogP contribution in [-0.2, 0) is 16.0 Å². The average molecular weight is 281 g/mol. The van der Waals surface area contributed by atoms with Gasteiger partial charge >= 0.3 is 7.05 Å². The molecule has 1 aliphatic rings. The molecule has 2 aromatic carbocycles. The standard InChI is InChI=1S/C17H20BNO2/c1-18-19-17(15-10-6-3-7-11-15)16(21-18)13-20-12-14-8-4-2-5-9-14/h2-11,16-17,19H,12-13H2,1H3/t16-,17+/m0/s1. The molecule has 0 radical (unpaired) electrons. The van der Waals surface area contributed by atoms with Gasteiger partial charge in [-0.05, 0) is 17.9 Å². The third kappa shape index (κ3) is 3.73. The van der Waals surface area contributed by atoms with Crippen molar-refractivity contribution in [3.63, 3.8) is 0 Å². The fraction of sp³-hybridized carbons (Fsp3) is 0.294. The molecule has 21 heavy (non-hydrogen) atoms. The van der Waals surface area contributed by atoms with E-state index in [0.29, 0.717) is 13.2 Å². The average Bonchev–Trinajstić information content (AvgIpc) is 2.90. The van der Waals surface area contributed by atoms with Crippen LogP contribution in [0, 0.1) is 0 Å². The van der Waals surface area contributed by atoms with Crippen LogP contribution >= 0.6 is 0 Å². The molecule has 2 atom stereocenters. The van der Waals surface area contributed by atoms with Crippen LogP contribution in [0.25, 0.3) is 0 Å². The molecule has 108 valence electrons. The number of hydrogen-bond donors (Lipinski definition) is 1. The Balaban J connectivity index is 1.58. The van der Waals surface area contributed by atoms with Gasteiger partial charge in [0.1, 0.15) is 0 Å². The zero-order valence-electron chi connectivity index (χ0n) is 12.2. The van der Waals surface area contributed by atoms with Gasteiger partial charge in [0.15, 0.2) is 0 Å². The third-order valence-electron chi connectivity index (χ3n) is 3.72. The number of hydrogen-bond acceptors (Lipinski definition) is 3. The number of nitrogens with one attached hydrogen (secondary N) is 1. The van der Waals surface area contributed by atoms with Crippen molar-refractivity contribution in [2.45, 2.75) is 25.6 Å². The first-order valence-corrected chi connectivity index (χ1v) is 7.41. The summed E-state index contributed by atoms with van der Waals surface area (Å²) in [5.74, 6) is 0. The van der Waals surface area contributed by atoms with Crippen LogP contribution in [0.4, 0.5) is 0 Å². The van der Waals surface area contributed by atoms with E-state index in [9.17, 15) is 0 Å². The molecular weight excluding hydrogens is 261 g/mol. The van der Waals surface area contributed by atoms with Crippen molar-refractivity contribution in [3.8, 4) is 0 Å². The van der Waals surface area contributed by atoms with E-state index in [0.717, 1.165) is 0 Å². The largest absolute Gasteiger partial charge is 0.414 e. The van der Waals surface area contributed by atoms with Crippen LogP contribution in [0.2, 0.25) is 6.82 Å². The van der Waals surface area contributed by atoms with E-state index in [1.807, 2.05) is 31.1 Å². The minimum absolute atomic E-state index is 0.0473. The van der Waals surface area contributed by atoms with Crippen LogP contribution < -0.4 is 5.23 Å². The molecule has 3 nitrogen and oxygen atoms in total. The Bertz CT molecular complexity index is 549. The Morgan fingerprint density at radius 1 is 1.05 bits per heavy atom. The summed E-state index contributed by atoms with van der Waals surface area (Å²) in [4.78, 5) is 0. The Hall–Kier alpha value is -1.62. The number of ether oxygens (including phenoxy) is 1. The molecule has 0 amide bonds. The van der Waals surface area contributed by atoms with Gasteiger partial charge in [0.25, 0.3) is 0 Å². The van der Waals surface area contributed by atoms with Crippen LogP contribution in [0.3, 0.4) is 0 Å². The zero-order valence-corrected chi connectivity index (χ0v) is 12.2. The lowest BCUT2D eigenvalue weighted by molar-refractivity contribution is 0.0410. The molecule has 0 bridgehead atoms. The summed E-state index contributed by atoms with van der Waals surface area (Å²) < 4.78 is 11.8. The van der Waals surface area contributed by atoms with Crippen molar-refractivity contribution < 1.29 is 9.39 Å². The molecule has 0 unspecified atom stereocenters. The predicted octanol–water partition coefficient (Wildman–Crippen LogP) is 3.05. The van der Waals surface area contributed by atoms with E-state index in [-0.39, 0.29) is 19.2 Å². The Labute approximate surface area is 126 Å². The van der Waals surface area contributed by atoms with Crippen LogP contribution in [-0.4, -0.2) is 19.8 Å². The molecular formula is C17H20BNO2. The lowest BCUT2D eigenvalue weighted by Gasteiger charge is -2.19. The van der Waals surface area contributed by atoms with Crippen LogP contribution in [0.5, 0.6) is 0 Å². The molecule has 0 spiro atoms. The maximum Gasteiger partial charge on any atom is 0.377 e. The fourth-order valence-corrected chi connectivity index (χ4v) is 2.71. The monoisotopic (exact) mass is 281 g/mol. The van der Waals surface area contributed by atoms with Crippen molar-refractivity contribution in [2.75, 3.05) is 6.61 Å². The summed E-state index contributed by atoms with van der Waals surface area (Å²) in [6, 6.07) is 20.8. The van der Waals surface area contributed by atoms with Crippen molar-refractivity contribution >= 4 is 7.05 Å². The highest BCUT2D eigenvalue weighted by molar-refractivity contribution is 6.48. The maximum atomic E-state index is 5.93. The van der Waals surface area contributed by atoms with Crippen molar-refractivity contribution in [3.05, 3.63) is 71.8 Å². The highest BCUT2D eigenvalue weighted by atomic mass is 16.5. The van der Waals surface area contributed by atoms with Gasteiger partial charge in [-0.25, -0.2) is 0 Å². The van der Waals surface area contributed by atoms with Crippen molar-refractivity contribution in [2.24, 2.45) is 0 Å².